The molecule has 0 aromatic heterocycles. The minimum absolute atomic E-state index is 0.126. The highest BCUT2D eigenvalue weighted by molar-refractivity contribution is 5.89. The molecule has 0 bridgehead atoms. The van der Waals surface area contributed by atoms with Crippen molar-refractivity contribution in [1.29, 1.82) is 0 Å². The first kappa shape index (κ1) is 18.3. The molecule has 0 unspecified atom stereocenters. The van der Waals surface area contributed by atoms with Gasteiger partial charge in [0.15, 0.2) is 11.5 Å². The molecule has 0 saturated carbocycles. The first-order valence-electron chi connectivity index (χ1n) is 7.61. The van der Waals surface area contributed by atoms with Gasteiger partial charge in [0.25, 0.3) is 0 Å². The Morgan fingerprint density at radius 3 is 2.08 bits per heavy atom. The van der Waals surface area contributed by atoms with E-state index in [-0.39, 0.29) is 19.0 Å². The van der Waals surface area contributed by atoms with E-state index in [0.717, 1.165) is 11.1 Å². The molecule has 2 aromatic rings. The van der Waals surface area contributed by atoms with E-state index in [4.69, 9.17) is 14.2 Å². The third kappa shape index (κ3) is 4.97. The van der Waals surface area contributed by atoms with Crippen LogP contribution in [0.5, 0.6) is 11.5 Å². The molecular formula is C19H20O6. The third-order valence-corrected chi connectivity index (χ3v) is 3.57. The van der Waals surface area contributed by atoms with Gasteiger partial charge in [0, 0.05) is 0 Å². The third-order valence-electron chi connectivity index (χ3n) is 3.57. The Bertz CT molecular complexity index is 736. The first-order valence-corrected chi connectivity index (χ1v) is 7.61. The SMILES string of the molecule is COC(=O)c1ccc(COC(=O)Cc2ccc(OC)c(OC)c2)cc1. The van der Waals surface area contributed by atoms with Gasteiger partial charge in [0.1, 0.15) is 6.61 Å². The van der Waals surface area contributed by atoms with Crippen molar-refractivity contribution < 1.29 is 28.5 Å². The van der Waals surface area contributed by atoms with Crippen molar-refractivity contribution >= 4 is 11.9 Å². The predicted molar refractivity (Wildman–Crippen MR) is 90.8 cm³/mol. The van der Waals surface area contributed by atoms with Crippen LogP contribution in [0.25, 0.3) is 0 Å². The molecule has 25 heavy (non-hydrogen) atoms. The summed E-state index contributed by atoms with van der Waals surface area (Å²) in [5.74, 6) is 0.401. The fourth-order valence-corrected chi connectivity index (χ4v) is 2.23. The summed E-state index contributed by atoms with van der Waals surface area (Å²) in [6.07, 6.45) is 0.126. The highest BCUT2D eigenvalue weighted by Gasteiger charge is 2.10. The van der Waals surface area contributed by atoms with E-state index >= 15 is 0 Å². The van der Waals surface area contributed by atoms with Gasteiger partial charge in [-0.15, -0.1) is 0 Å². The number of hydrogen-bond donors (Lipinski definition) is 0. The van der Waals surface area contributed by atoms with Crippen molar-refractivity contribution in [3.05, 3.63) is 59.2 Å². The number of carbonyl (C=O) groups is 2. The van der Waals surface area contributed by atoms with Gasteiger partial charge in [0.05, 0.1) is 33.3 Å². The Morgan fingerprint density at radius 1 is 0.840 bits per heavy atom. The highest BCUT2D eigenvalue weighted by Crippen LogP contribution is 2.27. The van der Waals surface area contributed by atoms with Crippen molar-refractivity contribution in [3.8, 4) is 11.5 Å². The highest BCUT2D eigenvalue weighted by atomic mass is 16.5. The van der Waals surface area contributed by atoms with Crippen LogP contribution in [-0.4, -0.2) is 33.3 Å². The second-order valence-electron chi connectivity index (χ2n) is 5.22. The van der Waals surface area contributed by atoms with Gasteiger partial charge in [-0.2, -0.15) is 0 Å². The monoisotopic (exact) mass is 344 g/mol. The van der Waals surface area contributed by atoms with Crippen LogP contribution in [0.4, 0.5) is 0 Å². The Kier molecular flexibility index (Phi) is 6.39. The van der Waals surface area contributed by atoms with Gasteiger partial charge >= 0.3 is 11.9 Å². The van der Waals surface area contributed by atoms with Crippen molar-refractivity contribution in [2.45, 2.75) is 13.0 Å². The fraction of sp³-hybridized carbons (Fsp3) is 0.263. The zero-order valence-corrected chi connectivity index (χ0v) is 14.4. The Morgan fingerprint density at radius 2 is 1.48 bits per heavy atom. The molecule has 0 aliphatic rings. The first-order chi connectivity index (χ1) is 12.1. The van der Waals surface area contributed by atoms with E-state index in [1.165, 1.54) is 14.2 Å². The molecule has 0 atom stereocenters. The Labute approximate surface area is 146 Å². The summed E-state index contributed by atoms with van der Waals surface area (Å²) in [6, 6.07) is 12.0. The minimum Gasteiger partial charge on any atom is -0.493 e. The topological polar surface area (TPSA) is 71.1 Å². The molecule has 0 heterocycles. The smallest absolute Gasteiger partial charge is 0.337 e. The van der Waals surface area contributed by atoms with Crippen LogP contribution in [-0.2, 0) is 27.3 Å². The van der Waals surface area contributed by atoms with Crippen LogP contribution in [0, 0.1) is 0 Å². The molecule has 132 valence electrons. The van der Waals surface area contributed by atoms with Gasteiger partial charge in [-0.05, 0) is 35.4 Å². The molecule has 0 spiro atoms. The summed E-state index contributed by atoms with van der Waals surface area (Å²) in [7, 11) is 4.42. The van der Waals surface area contributed by atoms with E-state index in [0.29, 0.717) is 17.1 Å². The summed E-state index contributed by atoms with van der Waals surface area (Å²) >= 11 is 0. The van der Waals surface area contributed by atoms with E-state index in [1.807, 2.05) is 0 Å². The number of esters is 2. The molecule has 2 rings (SSSR count). The van der Waals surface area contributed by atoms with Crippen LogP contribution >= 0.6 is 0 Å². The van der Waals surface area contributed by atoms with Crippen molar-refractivity contribution in [3.63, 3.8) is 0 Å². The standard InChI is InChI=1S/C19H20O6/c1-22-16-9-6-14(10-17(16)23-2)11-18(20)25-12-13-4-7-15(8-5-13)19(21)24-3/h4-10H,11-12H2,1-3H3. The lowest BCUT2D eigenvalue weighted by molar-refractivity contribution is -0.144. The predicted octanol–water partition coefficient (Wildman–Crippen LogP) is 2.78. The molecule has 0 saturated heterocycles. The molecule has 0 N–H and O–H groups in total. The van der Waals surface area contributed by atoms with Crippen molar-refractivity contribution in [2.75, 3.05) is 21.3 Å². The molecule has 0 amide bonds. The summed E-state index contributed by atoms with van der Waals surface area (Å²) in [5.41, 5.74) is 2.00. The van der Waals surface area contributed by atoms with E-state index in [1.54, 1.807) is 49.6 Å². The molecule has 0 aliphatic heterocycles. The number of hydrogen-bond acceptors (Lipinski definition) is 6. The zero-order chi connectivity index (χ0) is 18.2. The number of rotatable bonds is 7. The molecule has 0 radical (unpaired) electrons. The van der Waals surface area contributed by atoms with Gasteiger partial charge in [-0.1, -0.05) is 18.2 Å². The van der Waals surface area contributed by atoms with Gasteiger partial charge in [-0.3, -0.25) is 4.79 Å². The van der Waals surface area contributed by atoms with Crippen LogP contribution in [0.1, 0.15) is 21.5 Å². The lowest BCUT2D eigenvalue weighted by Gasteiger charge is -2.10. The number of benzene rings is 2. The van der Waals surface area contributed by atoms with Crippen LogP contribution < -0.4 is 9.47 Å². The average Bonchev–Trinajstić information content (AvgIpc) is 2.66. The Balaban J connectivity index is 1.91. The van der Waals surface area contributed by atoms with Gasteiger partial charge in [-0.25, -0.2) is 4.79 Å². The maximum absolute atomic E-state index is 12.0. The average molecular weight is 344 g/mol. The van der Waals surface area contributed by atoms with Gasteiger partial charge < -0.3 is 18.9 Å². The van der Waals surface area contributed by atoms with Gasteiger partial charge in [0.2, 0.25) is 0 Å². The molecule has 6 nitrogen and oxygen atoms in total. The summed E-state index contributed by atoms with van der Waals surface area (Å²) < 4.78 is 20.3. The molecular weight excluding hydrogens is 324 g/mol. The number of carbonyl (C=O) groups excluding carboxylic acids is 2. The maximum Gasteiger partial charge on any atom is 0.337 e. The Hall–Kier alpha value is -3.02. The maximum atomic E-state index is 12.0. The van der Waals surface area contributed by atoms with Crippen molar-refractivity contribution in [2.24, 2.45) is 0 Å². The summed E-state index contributed by atoms with van der Waals surface area (Å²) in [4.78, 5) is 23.4. The quantitative estimate of drug-likeness (QED) is 0.719. The van der Waals surface area contributed by atoms with Crippen LogP contribution in [0.3, 0.4) is 0 Å². The fourth-order valence-electron chi connectivity index (χ4n) is 2.23. The van der Waals surface area contributed by atoms with Crippen molar-refractivity contribution in [1.82, 2.24) is 0 Å². The summed E-state index contributed by atoms with van der Waals surface area (Å²) in [5, 5.41) is 0. The molecule has 6 heteroatoms. The minimum atomic E-state index is -0.406. The second kappa shape index (κ2) is 8.73. The van der Waals surface area contributed by atoms with E-state index in [9.17, 15) is 9.59 Å². The van der Waals surface area contributed by atoms with E-state index < -0.39 is 5.97 Å². The second-order valence-corrected chi connectivity index (χ2v) is 5.22. The normalized spacial score (nSPS) is 10.0. The van der Waals surface area contributed by atoms with E-state index in [2.05, 4.69) is 4.74 Å². The zero-order valence-electron chi connectivity index (χ0n) is 14.4. The van der Waals surface area contributed by atoms with Crippen LogP contribution in [0.15, 0.2) is 42.5 Å². The lowest BCUT2D eigenvalue weighted by Crippen LogP contribution is -2.08. The largest absolute Gasteiger partial charge is 0.493 e. The molecule has 0 aliphatic carbocycles. The molecule has 2 aromatic carbocycles. The number of ether oxygens (including phenoxy) is 4. The lowest BCUT2D eigenvalue weighted by atomic mass is 10.1. The molecule has 0 fully saturated rings. The summed E-state index contributed by atoms with van der Waals surface area (Å²) in [6.45, 7) is 0.133. The van der Waals surface area contributed by atoms with Crippen LogP contribution in [0.2, 0.25) is 0 Å². The number of methoxy groups -OCH3 is 3.